The van der Waals surface area contributed by atoms with Crippen molar-refractivity contribution in [2.45, 2.75) is 59.5 Å². The Balaban J connectivity index is 1.88. The Bertz CT molecular complexity index is 1170. The molecule has 0 bridgehead atoms. The fourth-order valence-electron chi connectivity index (χ4n) is 4.35. The molecule has 1 aliphatic rings. The second kappa shape index (κ2) is 8.13. The van der Waals surface area contributed by atoms with Crippen LogP contribution in [0.3, 0.4) is 0 Å². The first-order valence-corrected chi connectivity index (χ1v) is 11.0. The third-order valence-electron chi connectivity index (χ3n) is 6.08. The van der Waals surface area contributed by atoms with Gasteiger partial charge in [-0.25, -0.2) is 4.79 Å². The maximum atomic E-state index is 13.3. The molecule has 0 saturated heterocycles. The van der Waals surface area contributed by atoms with Crippen molar-refractivity contribution >= 4 is 22.8 Å². The molecule has 0 radical (unpaired) electrons. The number of rotatable bonds is 6. The zero-order chi connectivity index (χ0) is 21.4. The highest BCUT2D eigenvalue weighted by molar-refractivity contribution is 5.77. The molecule has 30 heavy (non-hydrogen) atoms. The monoisotopic (exact) mass is 409 g/mol. The number of benzene rings is 1. The molecule has 0 N–H and O–H groups in total. The molecule has 1 aliphatic heterocycles. The Labute approximate surface area is 176 Å². The summed E-state index contributed by atoms with van der Waals surface area (Å²) in [5.74, 6) is 1.09. The van der Waals surface area contributed by atoms with E-state index in [4.69, 9.17) is 4.98 Å². The highest BCUT2D eigenvalue weighted by Gasteiger charge is 2.29. The number of unbranched alkanes of at least 4 members (excludes halogenated alkanes) is 2. The summed E-state index contributed by atoms with van der Waals surface area (Å²) < 4.78 is 4.92. The lowest BCUT2D eigenvalue weighted by molar-refractivity contribution is 0.457. The van der Waals surface area contributed by atoms with Gasteiger partial charge in [0.05, 0.1) is 0 Å². The normalized spacial score (nSPS) is 16.3. The highest BCUT2D eigenvalue weighted by atomic mass is 16.2. The van der Waals surface area contributed by atoms with Crippen LogP contribution in [0.1, 0.15) is 45.6 Å². The minimum absolute atomic E-state index is 0.224. The SMILES string of the molecule is CCCCCn1c(=O)c2c(nc3n2C[C@H](C)CN3c2ccc(CC)cc2)n(C)c1=O. The number of fused-ring (bicyclic) bond motifs is 3. The number of anilines is 2. The average Bonchev–Trinajstić information content (AvgIpc) is 3.13. The van der Waals surface area contributed by atoms with E-state index in [2.05, 4.69) is 49.9 Å². The third-order valence-corrected chi connectivity index (χ3v) is 6.08. The lowest BCUT2D eigenvalue weighted by Gasteiger charge is -2.33. The second-order valence-electron chi connectivity index (χ2n) is 8.44. The lowest BCUT2D eigenvalue weighted by atomic mass is 10.1. The predicted octanol–water partition coefficient (Wildman–Crippen LogP) is 3.44. The van der Waals surface area contributed by atoms with Crippen molar-refractivity contribution in [2.24, 2.45) is 13.0 Å². The summed E-state index contributed by atoms with van der Waals surface area (Å²) in [6.45, 7) is 8.44. The Morgan fingerprint density at radius 3 is 2.47 bits per heavy atom. The summed E-state index contributed by atoms with van der Waals surface area (Å²) in [4.78, 5) is 33.1. The maximum absolute atomic E-state index is 13.3. The topological polar surface area (TPSA) is 65.1 Å². The minimum atomic E-state index is -0.286. The molecule has 0 unspecified atom stereocenters. The molecule has 160 valence electrons. The van der Waals surface area contributed by atoms with Crippen LogP contribution < -0.4 is 16.1 Å². The number of aryl methyl sites for hydroxylation is 2. The van der Waals surface area contributed by atoms with Crippen molar-refractivity contribution in [3.8, 4) is 0 Å². The van der Waals surface area contributed by atoms with Crippen molar-refractivity contribution in [3.05, 3.63) is 50.7 Å². The molecule has 4 rings (SSSR count). The smallest absolute Gasteiger partial charge is 0.312 e. The molecule has 3 aromatic rings. The maximum Gasteiger partial charge on any atom is 0.332 e. The van der Waals surface area contributed by atoms with Crippen LogP contribution in [0, 0.1) is 5.92 Å². The van der Waals surface area contributed by atoms with Gasteiger partial charge in [-0.05, 0) is 36.5 Å². The summed E-state index contributed by atoms with van der Waals surface area (Å²) >= 11 is 0. The highest BCUT2D eigenvalue weighted by Crippen LogP contribution is 2.32. The van der Waals surface area contributed by atoms with Crippen LogP contribution in [0.25, 0.3) is 11.2 Å². The third kappa shape index (κ3) is 3.36. The van der Waals surface area contributed by atoms with Gasteiger partial charge < -0.3 is 9.47 Å². The van der Waals surface area contributed by atoms with Crippen molar-refractivity contribution in [1.82, 2.24) is 18.7 Å². The van der Waals surface area contributed by atoms with Crippen LogP contribution in [-0.2, 0) is 26.6 Å². The quantitative estimate of drug-likeness (QED) is 0.585. The van der Waals surface area contributed by atoms with E-state index in [0.717, 1.165) is 50.4 Å². The van der Waals surface area contributed by atoms with Crippen LogP contribution in [0.4, 0.5) is 11.6 Å². The van der Waals surface area contributed by atoms with Gasteiger partial charge in [-0.15, -0.1) is 0 Å². The zero-order valence-corrected chi connectivity index (χ0v) is 18.4. The summed E-state index contributed by atoms with van der Waals surface area (Å²) in [6, 6.07) is 8.50. The molecule has 1 aromatic carbocycles. The Morgan fingerprint density at radius 1 is 1.07 bits per heavy atom. The van der Waals surface area contributed by atoms with Crippen LogP contribution in [0.2, 0.25) is 0 Å². The Kier molecular flexibility index (Phi) is 5.54. The first-order valence-electron chi connectivity index (χ1n) is 11.0. The van der Waals surface area contributed by atoms with Crippen molar-refractivity contribution < 1.29 is 0 Å². The molecule has 1 atom stereocenters. The van der Waals surface area contributed by atoms with E-state index in [1.807, 2.05) is 4.57 Å². The molecule has 0 fully saturated rings. The van der Waals surface area contributed by atoms with Gasteiger partial charge in [0, 0.05) is 32.4 Å². The molecule has 2 aromatic heterocycles. The fourth-order valence-corrected chi connectivity index (χ4v) is 4.35. The number of hydrogen-bond acceptors (Lipinski definition) is 4. The van der Waals surface area contributed by atoms with E-state index in [0.29, 0.717) is 23.6 Å². The standard InChI is InChI=1S/C23H31N5O2/c1-5-7-8-13-26-21(29)19-20(25(4)23(26)30)24-22-27(14-16(3)15-28(19)22)18-11-9-17(6-2)10-12-18/h9-12,16H,5-8,13-15H2,1-4H3/t16-/m1/s1. The van der Waals surface area contributed by atoms with Gasteiger partial charge in [-0.2, -0.15) is 4.98 Å². The van der Waals surface area contributed by atoms with Gasteiger partial charge in [0.1, 0.15) is 0 Å². The molecule has 0 amide bonds. The molecule has 3 heterocycles. The average molecular weight is 410 g/mol. The van der Waals surface area contributed by atoms with Crippen LogP contribution in [-0.4, -0.2) is 25.2 Å². The van der Waals surface area contributed by atoms with Gasteiger partial charge in [0.25, 0.3) is 5.56 Å². The van der Waals surface area contributed by atoms with Crippen LogP contribution in [0.15, 0.2) is 33.9 Å². The number of nitrogens with zero attached hydrogens (tertiary/aromatic N) is 5. The molecule has 0 spiro atoms. The van der Waals surface area contributed by atoms with Gasteiger partial charge in [0.15, 0.2) is 11.2 Å². The number of aromatic nitrogens is 4. The zero-order valence-electron chi connectivity index (χ0n) is 18.4. The van der Waals surface area contributed by atoms with Gasteiger partial charge in [0.2, 0.25) is 5.95 Å². The molecule has 7 heteroatoms. The predicted molar refractivity (Wildman–Crippen MR) is 121 cm³/mol. The largest absolute Gasteiger partial charge is 0.332 e. The van der Waals surface area contributed by atoms with E-state index in [1.54, 1.807) is 7.05 Å². The van der Waals surface area contributed by atoms with E-state index in [1.165, 1.54) is 14.7 Å². The van der Waals surface area contributed by atoms with Crippen LogP contribution >= 0.6 is 0 Å². The minimum Gasteiger partial charge on any atom is -0.312 e. The summed E-state index contributed by atoms with van der Waals surface area (Å²) in [7, 11) is 1.71. The molecular weight excluding hydrogens is 378 g/mol. The molecule has 7 nitrogen and oxygen atoms in total. The van der Waals surface area contributed by atoms with Crippen molar-refractivity contribution in [2.75, 3.05) is 11.4 Å². The molecule has 0 saturated carbocycles. The van der Waals surface area contributed by atoms with Crippen LogP contribution in [0.5, 0.6) is 0 Å². The first-order chi connectivity index (χ1) is 14.5. The summed E-state index contributed by atoms with van der Waals surface area (Å²) in [5, 5.41) is 0. The van der Waals surface area contributed by atoms with E-state index >= 15 is 0 Å². The Morgan fingerprint density at radius 2 is 1.80 bits per heavy atom. The lowest BCUT2D eigenvalue weighted by Crippen LogP contribution is -2.40. The molecule has 0 aliphatic carbocycles. The van der Waals surface area contributed by atoms with Crippen molar-refractivity contribution in [1.29, 1.82) is 0 Å². The first kappa shape index (κ1) is 20.4. The summed E-state index contributed by atoms with van der Waals surface area (Å²) in [6.07, 6.45) is 3.86. The molecular formula is C23H31N5O2. The summed E-state index contributed by atoms with van der Waals surface area (Å²) in [5.41, 5.74) is 2.84. The van der Waals surface area contributed by atoms with E-state index in [-0.39, 0.29) is 11.2 Å². The van der Waals surface area contributed by atoms with Gasteiger partial charge in [-0.1, -0.05) is 45.7 Å². The fraction of sp³-hybridized carbons (Fsp3) is 0.522. The van der Waals surface area contributed by atoms with E-state index < -0.39 is 0 Å². The number of hydrogen-bond donors (Lipinski definition) is 0. The van der Waals surface area contributed by atoms with Gasteiger partial charge in [-0.3, -0.25) is 13.9 Å². The number of imidazole rings is 1. The van der Waals surface area contributed by atoms with Gasteiger partial charge >= 0.3 is 5.69 Å². The van der Waals surface area contributed by atoms with Crippen molar-refractivity contribution in [3.63, 3.8) is 0 Å². The Hall–Kier alpha value is -2.83. The van der Waals surface area contributed by atoms with E-state index in [9.17, 15) is 9.59 Å². The second-order valence-corrected chi connectivity index (χ2v) is 8.44.